The summed E-state index contributed by atoms with van der Waals surface area (Å²) in [6.45, 7) is 7.48. The summed E-state index contributed by atoms with van der Waals surface area (Å²) in [5.74, 6) is -3.31. The molecule has 1 aliphatic carbocycles. The number of aryl methyl sites for hydroxylation is 1. The molecule has 6 rings (SSSR count). The number of carboxylic acid groups (broad SMARTS) is 1. The van der Waals surface area contributed by atoms with Crippen LogP contribution < -0.4 is 37.3 Å². The summed E-state index contributed by atoms with van der Waals surface area (Å²) >= 11 is 1.53. The van der Waals surface area contributed by atoms with Crippen molar-refractivity contribution in [2.24, 2.45) is 11.1 Å². The number of carboxylic acids is 1. The number of aromatic nitrogens is 1. The van der Waals surface area contributed by atoms with Crippen LogP contribution in [0.1, 0.15) is 74.0 Å². The lowest BCUT2D eigenvalue weighted by Crippen LogP contribution is -2.56. The maximum atomic E-state index is 15.2. The van der Waals surface area contributed by atoms with E-state index >= 15 is 4.39 Å². The van der Waals surface area contributed by atoms with Gasteiger partial charge in [-0.1, -0.05) is 25.5 Å². The Morgan fingerprint density at radius 1 is 0.984 bits per heavy atom. The van der Waals surface area contributed by atoms with Gasteiger partial charge in [-0.2, -0.15) is 11.3 Å². The molecule has 1 saturated heterocycles. The summed E-state index contributed by atoms with van der Waals surface area (Å²) in [5, 5.41) is 24.0. The number of thiophene rings is 1. The van der Waals surface area contributed by atoms with E-state index in [1.165, 1.54) is 28.5 Å². The highest BCUT2D eigenvalue weighted by molar-refractivity contribution is 7.08. The van der Waals surface area contributed by atoms with Gasteiger partial charge in [0, 0.05) is 56.5 Å². The highest BCUT2D eigenvalue weighted by Crippen LogP contribution is 2.42. The van der Waals surface area contributed by atoms with Crippen LogP contribution in [0.4, 0.5) is 25.4 Å². The molecule has 7 N–H and O–H groups in total. The number of urea groups is 1. The average Bonchev–Trinajstić information content (AvgIpc) is 3.77. The summed E-state index contributed by atoms with van der Waals surface area (Å²) in [6.07, 6.45) is 3.23. The predicted molar refractivity (Wildman–Crippen MR) is 228 cm³/mol. The van der Waals surface area contributed by atoms with Crippen molar-refractivity contribution in [3.63, 3.8) is 0 Å². The number of nitrogens with zero attached hydrogens (tertiary/aromatic N) is 3. The smallest absolute Gasteiger partial charge is 0.410 e. The monoisotopic (exact) mass is 862 g/mol. The van der Waals surface area contributed by atoms with Crippen LogP contribution in [0.2, 0.25) is 0 Å². The number of nitrogens with two attached hydrogens (primary N) is 1. The summed E-state index contributed by atoms with van der Waals surface area (Å²) < 4.78 is 22.3. The number of nitrogens with one attached hydrogen (secondary N) is 4. The SMILES string of the molecule is CCCNC(N)=O.CCn1cc(C(=O)O)c(=O)c2cc(F)c(N3CCN(C(=O)OCc4ccc(NC(=O)CNC(=O)C5(C(=O)NC(C)c6ccsc6)CCC5)cc4)CC3)cc21. The van der Waals surface area contributed by atoms with Gasteiger partial charge in [0.25, 0.3) is 0 Å². The van der Waals surface area contributed by atoms with Gasteiger partial charge in [-0.05, 0) is 85.3 Å². The second kappa shape index (κ2) is 20.7. The van der Waals surface area contributed by atoms with Gasteiger partial charge in [0.1, 0.15) is 23.4 Å². The number of amides is 6. The molecule has 2 aromatic heterocycles. The number of fused-ring (bicyclic) bond motifs is 1. The third kappa shape index (κ3) is 11.2. The fourth-order valence-electron chi connectivity index (χ4n) is 6.92. The maximum Gasteiger partial charge on any atom is 0.410 e. The number of anilines is 2. The molecule has 1 saturated carbocycles. The summed E-state index contributed by atoms with van der Waals surface area (Å²) in [5.41, 5.74) is 5.15. The maximum absolute atomic E-state index is 15.2. The number of hydrogen-bond donors (Lipinski definition) is 6. The molecule has 2 aliphatic rings. The molecule has 0 spiro atoms. The van der Waals surface area contributed by atoms with Crippen LogP contribution in [-0.4, -0.2) is 89.7 Å². The van der Waals surface area contributed by atoms with Crippen molar-refractivity contribution in [3.8, 4) is 0 Å². The molecular weight excluding hydrogens is 812 g/mol. The number of carbonyl (C=O) groups excluding carboxylic acids is 5. The van der Waals surface area contributed by atoms with Crippen molar-refractivity contribution in [1.29, 1.82) is 0 Å². The summed E-state index contributed by atoms with van der Waals surface area (Å²) in [7, 11) is 0. The Balaban J connectivity index is 0.000000925. The molecule has 4 aromatic rings. The number of aromatic carboxylic acids is 1. The van der Waals surface area contributed by atoms with Gasteiger partial charge < -0.3 is 51.2 Å². The first-order valence-corrected chi connectivity index (χ1v) is 20.9. The first kappa shape index (κ1) is 45.6. The van der Waals surface area contributed by atoms with Crippen molar-refractivity contribution < 1.29 is 43.0 Å². The van der Waals surface area contributed by atoms with Gasteiger partial charge in [-0.25, -0.2) is 18.8 Å². The van der Waals surface area contributed by atoms with Crippen molar-refractivity contribution in [1.82, 2.24) is 25.4 Å². The molecule has 17 nitrogen and oxygen atoms in total. The number of ether oxygens (including phenoxy) is 1. The number of hydrogen-bond acceptors (Lipinski definition) is 10. The van der Waals surface area contributed by atoms with E-state index in [2.05, 4.69) is 21.3 Å². The van der Waals surface area contributed by atoms with Gasteiger partial charge >= 0.3 is 18.1 Å². The van der Waals surface area contributed by atoms with Gasteiger partial charge in [-0.3, -0.25) is 19.2 Å². The van der Waals surface area contributed by atoms with E-state index in [-0.39, 0.29) is 49.3 Å². The Kier molecular flexibility index (Phi) is 15.4. The van der Waals surface area contributed by atoms with Crippen LogP contribution in [-0.2, 0) is 32.3 Å². The van der Waals surface area contributed by atoms with Crippen LogP contribution >= 0.6 is 11.3 Å². The zero-order valence-electron chi connectivity index (χ0n) is 34.3. The fourth-order valence-corrected chi connectivity index (χ4v) is 7.67. The molecule has 1 atom stereocenters. The van der Waals surface area contributed by atoms with E-state index < -0.39 is 52.1 Å². The molecular formula is C42H51FN8O9S. The third-order valence-corrected chi connectivity index (χ3v) is 11.3. The van der Waals surface area contributed by atoms with Gasteiger partial charge in [0.2, 0.25) is 23.2 Å². The number of pyridine rings is 1. The largest absolute Gasteiger partial charge is 0.477 e. The van der Waals surface area contributed by atoms with E-state index in [0.29, 0.717) is 55.8 Å². The minimum atomic E-state index is -1.38. The molecule has 0 radical (unpaired) electrons. The number of halogens is 1. The van der Waals surface area contributed by atoms with E-state index in [1.54, 1.807) is 40.7 Å². The van der Waals surface area contributed by atoms with Gasteiger partial charge in [-0.15, -0.1) is 0 Å². The standard InChI is InChI=1S/C38H41FN6O8S.C4H10N2O/c1-3-43-20-28(34(48)49)33(47)27-17-29(39)31(18-30(27)43)44-12-14-45(15-13-44)37(52)53-21-24-5-7-26(8-6-24)42-32(46)19-40-35(50)38(10-4-11-38)36(51)41-23(2)25-9-16-54-22-25;1-2-3-6-4(5)7/h5-9,16-18,20,22-23H,3-4,10-15,19,21H2,1-2H3,(H,40,50)(H,41,51)(H,42,46)(H,48,49);2-3H2,1H3,(H3,5,6,7). The Labute approximate surface area is 355 Å². The lowest BCUT2D eigenvalue weighted by Gasteiger charge is -2.39. The molecule has 0 bridgehead atoms. The van der Waals surface area contributed by atoms with Crippen molar-refractivity contribution in [2.45, 2.75) is 65.6 Å². The Morgan fingerprint density at radius 3 is 2.25 bits per heavy atom. The highest BCUT2D eigenvalue weighted by atomic mass is 32.1. The van der Waals surface area contributed by atoms with E-state index in [1.807, 2.05) is 30.7 Å². The molecule has 3 heterocycles. The molecule has 326 valence electrons. The first-order chi connectivity index (χ1) is 29.2. The van der Waals surface area contributed by atoms with Crippen LogP contribution in [0.3, 0.4) is 0 Å². The summed E-state index contributed by atoms with van der Waals surface area (Å²) in [6, 6.07) is 10.5. The quantitative estimate of drug-likeness (QED) is 0.0969. The Bertz CT molecular complexity index is 2290. The van der Waals surface area contributed by atoms with Crippen LogP contribution in [0.25, 0.3) is 10.9 Å². The van der Waals surface area contributed by atoms with Crippen molar-refractivity contribution in [2.75, 3.05) is 49.5 Å². The van der Waals surface area contributed by atoms with Crippen LogP contribution in [0, 0.1) is 11.2 Å². The molecule has 61 heavy (non-hydrogen) atoms. The minimum absolute atomic E-state index is 0.0146. The molecule has 1 aliphatic heterocycles. The lowest BCUT2D eigenvalue weighted by atomic mass is 9.67. The van der Waals surface area contributed by atoms with Gasteiger partial charge in [0.05, 0.1) is 23.8 Å². The lowest BCUT2D eigenvalue weighted by molar-refractivity contribution is -0.150. The highest BCUT2D eigenvalue weighted by Gasteiger charge is 2.51. The van der Waals surface area contributed by atoms with Crippen LogP contribution in [0.15, 0.2) is 64.2 Å². The Hall–Kier alpha value is -6.50. The zero-order chi connectivity index (χ0) is 44.3. The van der Waals surface area contributed by atoms with Crippen molar-refractivity contribution >= 4 is 69.4 Å². The second-order valence-electron chi connectivity index (χ2n) is 14.7. The molecule has 2 aromatic carbocycles. The van der Waals surface area contributed by atoms with E-state index in [0.717, 1.165) is 24.5 Å². The molecule has 1 unspecified atom stereocenters. The second-order valence-corrected chi connectivity index (χ2v) is 15.5. The number of rotatable bonds is 14. The minimum Gasteiger partial charge on any atom is -0.477 e. The van der Waals surface area contributed by atoms with Gasteiger partial charge in [0.15, 0.2) is 0 Å². The summed E-state index contributed by atoms with van der Waals surface area (Å²) in [4.78, 5) is 89.0. The average molecular weight is 863 g/mol. The van der Waals surface area contributed by atoms with Crippen molar-refractivity contribution in [3.05, 3.63) is 92.2 Å². The van der Waals surface area contributed by atoms with E-state index in [4.69, 9.17) is 10.5 Å². The first-order valence-electron chi connectivity index (χ1n) is 20.0. The number of primary amides is 1. The molecule has 2 fully saturated rings. The van der Waals surface area contributed by atoms with Crippen LogP contribution in [0.5, 0.6) is 0 Å². The normalized spacial score (nSPS) is 14.7. The number of piperazine rings is 1. The van der Waals surface area contributed by atoms with E-state index in [9.17, 15) is 38.7 Å². The fraction of sp³-hybridized carbons (Fsp3) is 0.405. The number of carbonyl (C=O) groups is 6. The predicted octanol–water partition coefficient (Wildman–Crippen LogP) is 4.55. The zero-order valence-corrected chi connectivity index (χ0v) is 35.1. The number of benzene rings is 2. The molecule has 19 heteroatoms. The topological polar surface area (TPSA) is 234 Å². The Morgan fingerprint density at radius 2 is 1.69 bits per heavy atom. The third-order valence-electron chi connectivity index (χ3n) is 10.6. The molecule has 6 amide bonds.